The van der Waals surface area contributed by atoms with Gasteiger partial charge in [0.1, 0.15) is 12.4 Å². The number of amides is 1. The molecule has 1 aromatic heterocycles. The lowest BCUT2D eigenvalue weighted by molar-refractivity contribution is -0.124. The molecule has 0 aliphatic heterocycles. The van der Waals surface area contributed by atoms with Gasteiger partial charge in [0.15, 0.2) is 6.61 Å². The van der Waals surface area contributed by atoms with Gasteiger partial charge in [0.25, 0.3) is 5.91 Å². The van der Waals surface area contributed by atoms with Crippen molar-refractivity contribution in [2.45, 2.75) is 0 Å². The van der Waals surface area contributed by atoms with Crippen LogP contribution in [0.3, 0.4) is 0 Å². The second-order valence-electron chi connectivity index (χ2n) is 5.87. The van der Waals surface area contributed by atoms with Crippen LogP contribution in [0, 0.1) is 0 Å². The fourth-order valence-electron chi connectivity index (χ4n) is 2.43. The van der Waals surface area contributed by atoms with E-state index in [1.54, 1.807) is 36.4 Å². The van der Waals surface area contributed by atoms with Crippen molar-refractivity contribution in [1.29, 1.82) is 0 Å². The number of aromatic nitrogens is 1. The van der Waals surface area contributed by atoms with Crippen molar-refractivity contribution in [2.75, 3.05) is 19.8 Å². The molecule has 0 aliphatic carbocycles. The third kappa shape index (κ3) is 5.62. The van der Waals surface area contributed by atoms with Gasteiger partial charge in [0.05, 0.1) is 12.1 Å². The van der Waals surface area contributed by atoms with Gasteiger partial charge in [-0.1, -0.05) is 11.6 Å². The zero-order valence-corrected chi connectivity index (χ0v) is 15.8. The van der Waals surface area contributed by atoms with Crippen molar-refractivity contribution >= 4 is 23.5 Å². The smallest absolute Gasteiger partial charge is 0.338 e. The van der Waals surface area contributed by atoms with Gasteiger partial charge >= 0.3 is 5.97 Å². The van der Waals surface area contributed by atoms with Gasteiger partial charge in [0.2, 0.25) is 0 Å². The van der Waals surface area contributed by atoms with Crippen LogP contribution in [0.25, 0.3) is 5.69 Å². The second-order valence-corrected chi connectivity index (χ2v) is 6.30. The molecule has 6 nitrogen and oxygen atoms in total. The topological polar surface area (TPSA) is 69.6 Å². The summed E-state index contributed by atoms with van der Waals surface area (Å²) in [5.41, 5.74) is 1.31. The Morgan fingerprint density at radius 3 is 2.32 bits per heavy atom. The summed E-state index contributed by atoms with van der Waals surface area (Å²) in [5, 5.41) is 3.25. The van der Waals surface area contributed by atoms with Crippen molar-refractivity contribution in [1.82, 2.24) is 9.88 Å². The molecule has 1 amide bonds. The Bertz CT molecular complexity index is 907. The first-order chi connectivity index (χ1) is 13.6. The molecule has 0 bridgehead atoms. The van der Waals surface area contributed by atoms with Crippen LogP contribution in [0.2, 0.25) is 5.02 Å². The third-order valence-electron chi connectivity index (χ3n) is 3.85. The standard InChI is InChI=1S/C21H19ClN2O4/c22-17-5-9-19(10-6-17)27-14-11-23-20(25)15-28-21(26)16-3-7-18(8-4-16)24-12-1-2-13-24/h1-10,12-13H,11,14-15H2,(H,23,25). The Labute approximate surface area is 167 Å². The highest BCUT2D eigenvalue weighted by Gasteiger charge is 2.10. The highest BCUT2D eigenvalue weighted by atomic mass is 35.5. The number of halogens is 1. The van der Waals surface area contributed by atoms with E-state index in [1.165, 1.54) is 0 Å². The highest BCUT2D eigenvalue weighted by Crippen LogP contribution is 2.15. The summed E-state index contributed by atoms with van der Waals surface area (Å²) in [6.07, 6.45) is 3.82. The van der Waals surface area contributed by atoms with Gasteiger partial charge in [-0.15, -0.1) is 0 Å². The summed E-state index contributed by atoms with van der Waals surface area (Å²) in [5.74, 6) is -0.280. The van der Waals surface area contributed by atoms with E-state index in [9.17, 15) is 9.59 Å². The minimum absolute atomic E-state index is 0.294. The summed E-state index contributed by atoms with van der Waals surface area (Å²) in [6.45, 7) is 0.242. The van der Waals surface area contributed by atoms with E-state index in [-0.39, 0.29) is 6.61 Å². The average Bonchev–Trinajstić information content (AvgIpc) is 3.26. The van der Waals surface area contributed by atoms with Gasteiger partial charge in [-0.3, -0.25) is 4.79 Å². The Hall–Kier alpha value is -3.25. The molecule has 28 heavy (non-hydrogen) atoms. The molecule has 0 radical (unpaired) electrons. The van der Waals surface area contributed by atoms with Crippen LogP contribution in [0.4, 0.5) is 0 Å². The van der Waals surface area contributed by atoms with Crippen LogP contribution in [-0.2, 0) is 9.53 Å². The number of rotatable bonds is 8. The molecule has 0 unspecified atom stereocenters. The average molecular weight is 399 g/mol. The van der Waals surface area contributed by atoms with Crippen molar-refractivity contribution in [2.24, 2.45) is 0 Å². The van der Waals surface area contributed by atoms with Crippen molar-refractivity contribution < 1.29 is 19.1 Å². The van der Waals surface area contributed by atoms with E-state index >= 15 is 0 Å². The normalized spacial score (nSPS) is 10.3. The SMILES string of the molecule is O=C(COC(=O)c1ccc(-n2cccc2)cc1)NCCOc1ccc(Cl)cc1. The molecular formula is C21H19ClN2O4. The molecule has 0 spiro atoms. The summed E-state index contributed by atoms with van der Waals surface area (Å²) in [7, 11) is 0. The van der Waals surface area contributed by atoms with Gasteiger partial charge in [-0.05, 0) is 60.7 Å². The number of nitrogens with zero attached hydrogens (tertiary/aromatic N) is 1. The maximum atomic E-state index is 12.0. The lowest BCUT2D eigenvalue weighted by Gasteiger charge is -2.09. The molecule has 3 rings (SSSR count). The number of carbonyl (C=O) groups excluding carboxylic acids is 2. The fraction of sp³-hybridized carbons (Fsp3) is 0.143. The molecule has 0 atom stereocenters. The molecular weight excluding hydrogens is 380 g/mol. The number of carbonyl (C=O) groups is 2. The first kappa shape index (κ1) is 19.5. The monoisotopic (exact) mass is 398 g/mol. The van der Waals surface area contributed by atoms with Crippen molar-refractivity contribution in [3.8, 4) is 11.4 Å². The summed E-state index contributed by atoms with van der Waals surface area (Å²) in [4.78, 5) is 23.8. The van der Waals surface area contributed by atoms with Crippen molar-refractivity contribution in [3.05, 3.63) is 83.6 Å². The van der Waals surface area contributed by atoms with Crippen LogP contribution in [0.5, 0.6) is 5.75 Å². The fourth-order valence-corrected chi connectivity index (χ4v) is 2.56. The number of hydrogen-bond acceptors (Lipinski definition) is 4. The Balaban J connectivity index is 1.36. The number of nitrogens with one attached hydrogen (secondary N) is 1. The molecule has 1 N–H and O–H groups in total. The van der Waals surface area contributed by atoms with E-state index in [1.807, 2.05) is 41.2 Å². The largest absolute Gasteiger partial charge is 0.492 e. The van der Waals surface area contributed by atoms with Gasteiger partial charge in [0, 0.05) is 23.1 Å². The van der Waals surface area contributed by atoms with E-state index in [2.05, 4.69) is 5.32 Å². The van der Waals surface area contributed by atoms with E-state index in [0.717, 1.165) is 5.69 Å². The van der Waals surface area contributed by atoms with Crippen LogP contribution < -0.4 is 10.1 Å². The molecule has 1 heterocycles. The summed E-state index contributed by atoms with van der Waals surface area (Å²) >= 11 is 5.80. The number of ether oxygens (including phenoxy) is 2. The second kappa shape index (κ2) is 9.62. The maximum absolute atomic E-state index is 12.0. The summed E-state index contributed by atoms with van der Waals surface area (Å²) in [6, 6.07) is 17.7. The molecule has 2 aromatic carbocycles. The zero-order valence-electron chi connectivity index (χ0n) is 15.0. The number of benzene rings is 2. The van der Waals surface area contributed by atoms with Gasteiger partial charge in [-0.25, -0.2) is 4.79 Å². The zero-order chi connectivity index (χ0) is 19.8. The molecule has 3 aromatic rings. The molecule has 0 saturated heterocycles. The molecule has 7 heteroatoms. The first-order valence-corrected chi connectivity index (χ1v) is 9.05. The van der Waals surface area contributed by atoms with E-state index < -0.39 is 11.9 Å². The van der Waals surface area contributed by atoms with E-state index in [0.29, 0.717) is 29.5 Å². The van der Waals surface area contributed by atoms with Gasteiger partial charge < -0.3 is 19.4 Å². The van der Waals surface area contributed by atoms with Crippen LogP contribution in [0.15, 0.2) is 73.1 Å². The first-order valence-electron chi connectivity index (χ1n) is 8.67. The molecule has 0 fully saturated rings. The van der Waals surface area contributed by atoms with Gasteiger partial charge in [-0.2, -0.15) is 0 Å². The quantitative estimate of drug-likeness (QED) is 0.466. The lowest BCUT2D eigenvalue weighted by atomic mass is 10.2. The Kier molecular flexibility index (Phi) is 6.70. The van der Waals surface area contributed by atoms with Crippen LogP contribution in [0.1, 0.15) is 10.4 Å². The summed E-state index contributed by atoms with van der Waals surface area (Å²) < 4.78 is 12.4. The number of esters is 1. The lowest BCUT2D eigenvalue weighted by Crippen LogP contribution is -2.32. The molecule has 144 valence electrons. The predicted octanol–water partition coefficient (Wildman–Crippen LogP) is 3.48. The maximum Gasteiger partial charge on any atom is 0.338 e. The molecule has 0 saturated carbocycles. The number of hydrogen-bond donors (Lipinski definition) is 1. The Morgan fingerprint density at radius 1 is 0.964 bits per heavy atom. The predicted molar refractivity (Wildman–Crippen MR) is 106 cm³/mol. The van der Waals surface area contributed by atoms with Crippen LogP contribution >= 0.6 is 11.6 Å². The minimum Gasteiger partial charge on any atom is -0.492 e. The Morgan fingerprint density at radius 2 is 1.64 bits per heavy atom. The van der Waals surface area contributed by atoms with Crippen molar-refractivity contribution in [3.63, 3.8) is 0 Å². The third-order valence-corrected chi connectivity index (χ3v) is 4.10. The highest BCUT2D eigenvalue weighted by molar-refractivity contribution is 6.30. The molecule has 0 aliphatic rings. The van der Waals surface area contributed by atoms with E-state index in [4.69, 9.17) is 21.1 Å². The van der Waals surface area contributed by atoms with Crippen LogP contribution in [-0.4, -0.2) is 36.2 Å². The minimum atomic E-state index is -0.549.